The van der Waals surface area contributed by atoms with Crippen LogP contribution in [0.3, 0.4) is 0 Å². The third-order valence-corrected chi connectivity index (χ3v) is 12.7. The molecule has 0 bridgehead atoms. The molecule has 5 heteroatoms. The minimum Gasteiger partial charge on any atom is -0.213 e. The molecule has 7 rings (SSSR count). The summed E-state index contributed by atoms with van der Waals surface area (Å²) in [6.07, 6.45) is 0. The molecule has 0 fully saturated rings. The summed E-state index contributed by atoms with van der Waals surface area (Å²) in [4.78, 5) is 0. The van der Waals surface area contributed by atoms with Crippen LogP contribution < -0.4 is 31.8 Å². The molecule has 0 amide bonds. The predicted octanol–water partition coefficient (Wildman–Crippen LogP) is 8.95. The molecule has 46 heavy (non-hydrogen) atoms. The molecule has 0 radical (unpaired) electrons. The first-order chi connectivity index (χ1) is 21.7. The summed E-state index contributed by atoms with van der Waals surface area (Å²) in [6, 6.07) is 64.5. The first kappa shape index (κ1) is 35.8. The molecule has 0 saturated carbocycles. The van der Waals surface area contributed by atoms with Gasteiger partial charge in [-0.25, -0.2) is 12.1 Å². The Morgan fingerprint density at radius 3 is 1.37 bits per heavy atom. The summed E-state index contributed by atoms with van der Waals surface area (Å²) in [5, 5.41) is 9.05. The third-order valence-electron chi connectivity index (χ3n) is 7.50. The van der Waals surface area contributed by atoms with Crippen molar-refractivity contribution in [1.29, 1.82) is 0 Å². The second-order valence-corrected chi connectivity index (χ2v) is 15.2. The molecule has 7 aromatic rings. The van der Waals surface area contributed by atoms with Crippen LogP contribution >= 0.6 is 27.4 Å². The maximum absolute atomic E-state index is 6.68. The summed E-state index contributed by atoms with van der Waals surface area (Å²) in [5.41, 5.74) is 3.64. The van der Waals surface area contributed by atoms with Gasteiger partial charge in [0, 0.05) is 0 Å². The van der Waals surface area contributed by atoms with Crippen molar-refractivity contribution in [3.63, 3.8) is 0 Å². The quantitative estimate of drug-likeness (QED) is 0.0871. The maximum Gasteiger partial charge on any atom is 2.00 e. The van der Waals surface area contributed by atoms with Gasteiger partial charge in [0.15, 0.2) is 0 Å². The first-order valence-corrected chi connectivity index (χ1v) is 17.8. The Morgan fingerprint density at radius 1 is 0.500 bits per heavy atom. The molecule has 0 aliphatic rings. The van der Waals surface area contributed by atoms with Gasteiger partial charge in [0.25, 0.3) is 0 Å². The van der Waals surface area contributed by atoms with Crippen LogP contribution in [0.4, 0.5) is 0 Å². The van der Waals surface area contributed by atoms with Crippen molar-refractivity contribution < 1.29 is 33.6 Å². The van der Waals surface area contributed by atoms with Gasteiger partial charge in [-0.1, -0.05) is 157 Å². The van der Waals surface area contributed by atoms with Gasteiger partial charge in [0.1, 0.15) is 0 Å². The second-order valence-electron chi connectivity index (χ2n) is 10.4. The Balaban J connectivity index is 0.000000212. The largest absolute Gasteiger partial charge is 2.00 e. The summed E-state index contributed by atoms with van der Waals surface area (Å²) >= 11 is 6.68. The molecule has 0 aliphatic heterocycles. The SMILES string of the molecule is Cc1ccccc1-[c-]1c(Cl)ccc1P(c1ccccc1)c1ccccc1.[Fe+2].[Ni+2].c1ccc(P(c2ccccc2)c2ccc[cH-]2)cc1. The van der Waals surface area contributed by atoms with E-state index in [9.17, 15) is 0 Å². The first-order valence-electron chi connectivity index (χ1n) is 14.7. The zero-order valence-electron chi connectivity index (χ0n) is 25.3. The Labute approximate surface area is 301 Å². The number of aryl methyl sites for hydroxylation is 1. The fourth-order valence-electron chi connectivity index (χ4n) is 5.44. The van der Waals surface area contributed by atoms with Crippen molar-refractivity contribution in [3.05, 3.63) is 193 Å². The van der Waals surface area contributed by atoms with E-state index < -0.39 is 15.8 Å². The van der Waals surface area contributed by atoms with Crippen LogP contribution in [0.15, 0.2) is 182 Å². The number of hydrogen-bond donors (Lipinski definition) is 0. The number of rotatable bonds is 7. The molecule has 0 aliphatic carbocycles. The predicted molar refractivity (Wildman–Crippen MR) is 197 cm³/mol. The number of hydrogen-bond acceptors (Lipinski definition) is 0. The molecule has 0 unspecified atom stereocenters. The van der Waals surface area contributed by atoms with E-state index in [0.29, 0.717) is 0 Å². The molecule has 0 N–H and O–H groups in total. The van der Waals surface area contributed by atoms with Crippen molar-refractivity contribution in [3.8, 4) is 11.1 Å². The molecule has 0 heterocycles. The summed E-state index contributed by atoms with van der Waals surface area (Å²) < 4.78 is 0. The molecule has 0 saturated heterocycles. The van der Waals surface area contributed by atoms with Crippen molar-refractivity contribution in [2.24, 2.45) is 0 Å². The Hall–Kier alpha value is -3.04. The van der Waals surface area contributed by atoms with Crippen LogP contribution in [0, 0.1) is 6.92 Å². The van der Waals surface area contributed by atoms with Crippen molar-refractivity contribution in [1.82, 2.24) is 0 Å². The van der Waals surface area contributed by atoms with Crippen LogP contribution in [0.2, 0.25) is 5.02 Å². The molecule has 0 spiro atoms. The Morgan fingerprint density at radius 2 is 0.935 bits per heavy atom. The van der Waals surface area contributed by atoms with E-state index in [1.165, 1.54) is 48.5 Å². The average Bonchev–Trinajstić information content (AvgIpc) is 3.74. The van der Waals surface area contributed by atoms with Gasteiger partial charge in [-0.2, -0.15) is 12.1 Å². The zero-order chi connectivity index (χ0) is 30.1. The van der Waals surface area contributed by atoms with Gasteiger partial charge in [-0.15, -0.1) is 46.2 Å². The van der Waals surface area contributed by atoms with Crippen LogP contribution in [0.25, 0.3) is 11.1 Å². The van der Waals surface area contributed by atoms with E-state index in [0.717, 1.165) is 5.02 Å². The molecular formula is C41H33ClFeNiP2+2. The summed E-state index contributed by atoms with van der Waals surface area (Å²) in [5.74, 6) is 0. The Bertz CT molecular complexity index is 1790. The maximum atomic E-state index is 6.68. The van der Waals surface area contributed by atoms with E-state index in [1.54, 1.807) is 0 Å². The van der Waals surface area contributed by atoms with Crippen LogP contribution in [0.1, 0.15) is 5.56 Å². The second kappa shape index (κ2) is 17.8. The van der Waals surface area contributed by atoms with Gasteiger partial charge in [0.05, 0.1) is 0 Å². The van der Waals surface area contributed by atoms with Crippen LogP contribution in [-0.4, -0.2) is 0 Å². The Kier molecular flexibility index (Phi) is 13.8. The van der Waals surface area contributed by atoms with E-state index in [2.05, 4.69) is 183 Å². The molecule has 0 nitrogen and oxygen atoms in total. The van der Waals surface area contributed by atoms with Crippen molar-refractivity contribution >= 4 is 59.3 Å². The van der Waals surface area contributed by atoms with Gasteiger partial charge in [-0.05, 0) is 42.1 Å². The number of halogens is 1. The van der Waals surface area contributed by atoms with Crippen molar-refractivity contribution in [2.75, 3.05) is 0 Å². The minimum absolute atomic E-state index is 0. The molecule has 0 aromatic heterocycles. The zero-order valence-corrected chi connectivity index (χ0v) is 29.9. The monoisotopic (exact) mass is 736 g/mol. The standard InChI is InChI=1S/C24H19ClP.C17H14P.Fe.Ni/c1-18-10-8-9-15-21(18)24-22(25)16-17-23(24)26(19-11-4-2-5-12-19)20-13-6-3-7-14-20;1-3-9-15(10-4-1)18(17-13-7-8-14-17)16-11-5-2-6-12-16;;/h2-17H,1H3;1-14H;;/q2*-1;2*+2. The molecule has 230 valence electrons. The van der Waals surface area contributed by atoms with Crippen LogP contribution in [-0.2, 0) is 33.6 Å². The van der Waals surface area contributed by atoms with Gasteiger partial charge < -0.3 is 0 Å². The van der Waals surface area contributed by atoms with E-state index in [-0.39, 0.29) is 33.6 Å². The average molecular weight is 738 g/mol. The molecule has 7 aromatic carbocycles. The third kappa shape index (κ3) is 8.45. The normalized spacial score (nSPS) is 10.4. The van der Waals surface area contributed by atoms with E-state index >= 15 is 0 Å². The van der Waals surface area contributed by atoms with Crippen LogP contribution in [0.5, 0.6) is 0 Å². The fraction of sp³-hybridized carbons (Fsp3) is 0.0244. The van der Waals surface area contributed by atoms with Gasteiger partial charge in [-0.3, -0.25) is 0 Å². The van der Waals surface area contributed by atoms with E-state index in [4.69, 9.17) is 11.6 Å². The van der Waals surface area contributed by atoms with Gasteiger partial charge >= 0.3 is 33.6 Å². The molecular weight excluding hydrogens is 704 g/mol. The van der Waals surface area contributed by atoms with Crippen molar-refractivity contribution in [2.45, 2.75) is 6.92 Å². The smallest absolute Gasteiger partial charge is 0.213 e. The van der Waals surface area contributed by atoms with E-state index in [1.807, 2.05) is 6.07 Å². The topological polar surface area (TPSA) is 0 Å². The molecule has 0 atom stereocenters. The summed E-state index contributed by atoms with van der Waals surface area (Å²) in [7, 11) is -1.08. The number of benzene rings is 5. The minimum atomic E-state index is -0.666. The summed E-state index contributed by atoms with van der Waals surface area (Å²) in [6.45, 7) is 2.15. The van der Waals surface area contributed by atoms with Gasteiger partial charge in [0.2, 0.25) is 0 Å². The fourth-order valence-corrected chi connectivity index (χ4v) is 10.6.